The van der Waals surface area contributed by atoms with Gasteiger partial charge in [-0.15, -0.1) is 11.3 Å². The summed E-state index contributed by atoms with van der Waals surface area (Å²) in [7, 11) is 0. The quantitative estimate of drug-likeness (QED) is 0.929. The third kappa shape index (κ3) is 3.31. The normalized spacial score (nSPS) is 12.4. The molecule has 0 aliphatic carbocycles. The van der Waals surface area contributed by atoms with E-state index in [1.54, 1.807) is 11.3 Å². The van der Waals surface area contributed by atoms with E-state index in [1.807, 2.05) is 37.4 Å². The summed E-state index contributed by atoms with van der Waals surface area (Å²) < 4.78 is 6.81. The lowest BCUT2D eigenvalue weighted by atomic mass is 10.1. The van der Waals surface area contributed by atoms with Gasteiger partial charge in [0.25, 0.3) is 0 Å². The number of benzene rings is 1. The number of nitrogens with two attached hydrogens (primary N) is 1. The Bertz CT molecular complexity index is 540. The highest BCUT2D eigenvalue weighted by Gasteiger charge is 2.09. The van der Waals surface area contributed by atoms with Gasteiger partial charge in [-0.25, -0.2) is 4.98 Å². The lowest BCUT2D eigenvalue weighted by Crippen LogP contribution is -2.08. The number of rotatable bonds is 4. The second-order valence-corrected chi connectivity index (χ2v) is 6.00. The van der Waals surface area contributed by atoms with Crippen LogP contribution in [0.4, 0.5) is 0 Å². The van der Waals surface area contributed by atoms with Crippen molar-refractivity contribution in [1.29, 1.82) is 0 Å². The minimum Gasteiger partial charge on any atom is -0.486 e. The Balaban J connectivity index is 2.13. The van der Waals surface area contributed by atoms with Crippen LogP contribution in [0.25, 0.3) is 0 Å². The van der Waals surface area contributed by atoms with Gasteiger partial charge in [0, 0.05) is 27.2 Å². The monoisotopic (exact) mass is 326 g/mol. The standard InChI is InChI=1S/C13H15BrN2OS/c1-8-7-18-13(16-8)6-17-12-4-3-10(14)5-11(12)9(2)15/h3-5,7,9H,6,15H2,1-2H3. The highest BCUT2D eigenvalue weighted by molar-refractivity contribution is 9.10. The summed E-state index contributed by atoms with van der Waals surface area (Å²) in [6.07, 6.45) is 0. The van der Waals surface area contributed by atoms with Crippen LogP contribution in [-0.2, 0) is 6.61 Å². The van der Waals surface area contributed by atoms with Crippen LogP contribution >= 0.6 is 27.3 Å². The first-order valence-electron chi connectivity index (χ1n) is 5.65. The Morgan fingerprint density at radius 3 is 2.89 bits per heavy atom. The van der Waals surface area contributed by atoms with Crippen molar-refractivity contribution in [2.45, 2.75) is 26.5 Å². The number of aromatic nitrogens is 1. The van der Waals surface area contributed by atoms with Crippen LogP contribution < -0.4 is 10.5 Å². The molecule has 0 saturated carbocycles. The summed E-state index contributed by atoms with van der Waals surface area (Å²) in [4.78, 5) is 4.37. The Hall–Kier alpha value is -0.910. The maximum Gasteiger partial charge on any atom is 0.140 e. The highest BCUT2D eigenvalue weighted by Crippen LogP contribution is 2.28. The van der Waals surface area contributed by atoms with E-state index in [4.69, 9.17) is 10.5 Å². The van der Waals surface area contributed by atoms with Crippen LogP contribution in [0.5, 0.6) is 5.75 Å². The zero-order valence-electron chi connectivity index (χ0n) is 10.3. The van der Waals surface area contributed by atoms with Gasteiger partial charge in [0.05, 0.1) is 0 Å². The van der Waals surface area contributed by atoms with Gasteiger partial charge in [-0.3, -0.25) is 0 Å². The van der Waals surface area contributed by atoms with E-state index in [9.17, 15) is 0 Å². The highest BCUT2D eigenvalue weighted by atomic mass is 79.9. The van der Waals surface area contributed by atoms with Crippen molar-refractivity contribution in [3.63, 3.8) is 0 Å². The molecule has 0 radical (unpaired) electrons. The molecular formula is C13H15BrN2OS. The third-order valence-corrected chi connectivity index (χ3v) is 3.91. The first kappa shape index (κ1) is 13.5. The fourth-order valence-electron chi connectivity index (χ4n) is 1.62. The number of hydrogen-bond donors (Lipinski definition) is 1. The molecule has 1 heterocycles. The van der Waals surface area contributed by atoms with Crippen molar-refractivity contribution in [2.75, 3.05) is 0 Å². The first-order chi connectivity index (χ1) is 8.56. The van der Waals surface area contributed by atoms with Gasteiger partial charge in [0.1, 0.15) is 17.4 Å². The Morgan fingerprint density at radius 2 is 2.28 bits per heavy atom. The molecule has 0 saturated heterocycles. The molecule has 0 aliphatic heterocycles. The molecule has 0 fully saturated rings. The van der Waals surface area contributed by atoms with E-state index in [0.29, 0.717) is 6.61 Å². The third-order valence-electron chi connectivity index (χ3n) is 2.48. The summed E-state index contributed by atoms with van der Waals surface area (Å²) in [5, 5.41) is 3.00. The molecule has 1 atom stereocenters. The maximum atomic E-state index is 5.94. The molecule has 0 amide bonds. The van der Waals surface area contributed by atoms with Gasteiger partial charge in [-0.1, -0.05) is 15.9 Å². The first-order valence-corrected chi connectivity index (χ1v) is 7.32. The van der Waals surface area contributed by atoms with Crippen LogP contribution in [-0.4, -0.2) is 4.98 Å². The van der Waals surface area contributed by atoms with Gasteiger partial charge in [-0.05, 0) is 32.0 Å². The molecule has 3 nitrogen and oxygen atoms in total. The average molecular weight is 327 g/mol. The largest absolute Gasteiger partial charge is 0.486 e. The van der Waals surface area contributed by atoms with Crippen LogP contribution in [0.3, 0.4) is 0 Å². The predicted molar refractivity (Wildman–Crippen MR) is 77.9 cm³/mol. The van der Waals surface area contributed by atoms with E-state index >= 15 is 0 Å². The molecule has 1 unspecified atom stereocenters. The Morgan fingerprint density at radius 1 is 1.50 bits per heavy atom. The number of nitrogens with zero attached hydrogens (tertiary/aromatic N) is 1. The summed E-state index contributed by atoms with van der Waals surface area (Å²) in [6, 6.07) is 5.82. The fourth-order valence-corrected chi connectivity index (χ4v) is 2.68. The summed E-state index contributed by atoms with van der Waals surface area (Å²) in [5.74, 6) is 0.820. The molecule has 5 heteroatoms. The Kier molecular flexibility index (Phi) is 4.37. The SMILES string of the molecule is Cc1csc(COc2ccc(Br)cc2C(C)N)n1. The minimum absolute atomic E-state index is 0.0597. The smallest absolute Gasteiger partial charge is 0.140 e. The van der Waals surface area contributed by atoms with Crippen LogP contribution in [0.15, 0.2) is 28.1 Å². The second kappa shape index (κ2) is 5.82. The maximum absolute atomic E-state index is 5.94. The summed E-state index contributed by atoms with van der Waals surface area (Å²) in [5.41, 5.74) is 7.97. The van der Waals surface area contributed by atoms with Crippen molar-refractivity contribution in [1.82, 2.24) is 4.98 Å². The molecule has 0 aliphatic rings. The van der Waals surface area contributed by atoms with E-state index in [2.05, 4.69) is 20.9 Å². The van der Waals surface area contributed by atoms with Gasteiger partial charge >= 0.3 is 0 Å². The van der Waals surface area contributed by atoms with Crippen LogP contribution in [0.1, 0.15) is 29.2 Å². The number of ether oxygens (including phenoxy) is 1. The molecule has 1 aromatic heterocycles. The number of thiazole rings is 1. The van der Waals surface area contributed by atoms with Gasteiger partial charge in [-0.2, -0.15) is 0 Å². The second-order valence-electron chi connectivity index (χ2n) is 4.14. The van der Waals surface area contributed by atoms with Crippen LogP contribution in [0.2, 0.25) is 0 Å². The molecule has 2 rings (SSSR count). The number of aryl methyl sites for hydroxylation is 1. The minimum atomic E-state index is -0.0597. The molecule has 0 bridgehead atoms. The lowest BCUT2D eigenvalue weighted by molar-refractivity contribution is 0.300. The molecular weight excluding hydrogens is 312 g/mol. The topological polar surface area (TPSA) is 48.1 Å². The number of halogens is 1. The van der Waals surface area contributed by atoms with Gasteiger partial charge in [0.15, 0.2) is 0 Å². The van der Waals surface area contributed by atoms with Crippen molar-refractivity contribution in [3.05, 3.63) is 44.3 Å². The zero-order chi connectivity index (χ0) is 13.1. The van der Waals surface area contributed by atoms with Crippen molar-refractivity contribution < 1.29 is 4.74 Å². The van der Waals surface area contributed by atoms with E-state index < -0.39 is 0 Å². The fraction of sp³-hybridized carbons (Fsp3) is 0.308. The van der Waals surface area contributed by atoms with Gasteiger partial charge < -0.3 is 10.5 Å². The van der Waals surface area contributed by atoms with Crippen molar-refractivity contribution in [2.24, 2.45) is 5.73 Å². The molecule has 1 aromatic carbocycles. The average Bonchev–Trinajstić information content (AvgIpc) is 2.73. The van der Waals surface area contributed by atoms with E-state index in [0.717, 1.165) is 26.5 Å². The lowest BCUT2D eigenvalue weighted by Gasteiger charge is -2.13. The Labute approximate surface area is 119 Å². The summed E-state index contributed by atoms with van der Waals surface area (Å²) >= 11 is 5.05. The van der Waals surface area contributed by atoms with E-state index in [1.165, 1.54) is 0 Å². The van der Waals surface area contributed by atoms with Crippen molar-refractivity contribution >= 4 is 27.3 Å². The molecule has 18 heavy (non-hydrogen) atoms. The molecule has 0 spiro atoms. The van der Waals surface area contributed by atoms with Gasteiger partial charge in [0.2, 0.25) is 0 Å². The summed E-state index contributed by atoms with van der Waals surface area (Å²) in [6.45, 7) is 4.41. The predicted octanol–water partition coefficient (Wildman–Crippen LogP) is 3.81. The van der Waals surface area contributed by atoms with E-state index in [-0.39, 0.29) is 6.04 Å². The number of hydrogen-bond acceptors (Lipinski definition) is 4. The molecule has 2 N–H and O–H groups in total. The van der Waals surface area contributed by atoms with Crippen LogP contribution in [0, 0.1) is 6.92 Å². The van der Waals surface area contributed by atoms with Crippen molar-refractivity contribution in [3.8, 4) is 5.75 Å². The zero-order valence-corrected chi connectivity index (χ0v) is 12.7. The molecule has 96 valence electrons. The molecule has 2 aromatic rings.